The molecule has 0 aromatic heterocycles. The van der Waals surface area contributed by atoms with Gasteiger partial charge < -0.3 is 15.4 Å². The molecule has 0 radical (unpaired) electrons. The SMILES string of the molecule is Cl.O=C(CCC1CCNCC1)Nc1ccc(F)c(S(=O)(=O)N2CCOCC2)c1. The molecule has 3 rings (SSSR count). The number of hydrogen-bond acceptors (Lipinski definition) is 5. The molecule has 0 atom stereocenters. The average molecular weight is 436 g/mol. The van der Waals surface area contributed by atoms with Crippen molar-refractivity contribution >= 4 is 34.0 Å². The highest BCUT2D eigenvalue weighted by Crippen LogP contribution is 2.24. The van der Waals surface area contributed by atoms with Crippen LogP contribution in [0.4, 0.5) is 10.1 Å². The quantitative estimate of drug-likeness (QED) is 0.713. The van der Waals surface area contributed by atoms with Gasteiger partial charge in [0.2, 0.25) is 15.9 Å². The lowest BCUT2D eigenvalue weighted by atomic mass is 9.93. The zero-order valence-corrected chi connectivity index (χ0v) is 17.3. The number of piperidine rings is 1. The number of carbonyl (C=O) groups is 1. The second kappa shape index (κ2) is 10.5. The summed E-state index contributed by atoms with van der Waals surface area (Å²) < 4.78 is 45.9. The average Bonchev–Trinajstić information content (AvgIpc) is 2.69. The molecular weight excluding hydrogens is 409 g/mol. The Morgan fingerprint density at radius 2 is 1.93 bits per heavy atom. The first-order valence-corrected chi connectivity index (χ1v) is 10.8. The second-order valence-corrected chi connectivity index (χ2v) is 8.85. The summed E-state index contributed by atoms with van der Waals surface area (Å²) in [7, 11) is -3.96. The van der Waals surface area contributed by atoms with E-state index in [0.29, 0.717) is 18.0 Å². The first-order valence-electron chi connectivity index (χ1n) is 9.35. The standard InChI is InChI=1S/C18H26FN3O4S.ClH/c19-16-3-2-15(21-18(23)4-1-14-5-7-20-8-6-14)13-17(16)27(24,25)22-9-11-26-12-10-22;/h2-3,13-14,20H,1,4-12H2,(H,21,23);1H. The number of ether oxygens (including phenoxy) is 1. The molecule has 158 valence electrons. The summed E-state index contributed by atoms with van der Waals surface area (Å²) >= 11 is 0. The molecule has 2 fully saturated rings. The summed E-state index contributed by atoms with van der Waals surface area (Å²) in [6, 6.07) is 3.66. The second-order valence-electron chi connectivity index (χ2n) is 6.94. The minimum absolute atomic E-state index is 0. The van der Waals surface area contributed by atoms with E-state index in [0.717, 1.165) is 38.4 Å². The van der Waals surface area contributed by atoms with Gasteiger partial charge in [-0.25, -0.2) is 12.8 Å². The molecule has 2 aliphatic rings. The molecule has 2 N–H and O–H groups in total. The molecule has 7 nitrogen and oxygen atoms in total. The number of rotatable bonds is 6. The summed E-state index contributed by atoms with van der Waals surface area (Å²) in [6.07, 6.45) is 3.29. The van der Waals surface area contributed by atoms with Crippen LogP contribution in [0.1, 0.15) is 25.7 Å². The Labute approximate surface area is 171 Å². The Balaban J connectivity index is 0.00000280. The number of nitrogens with one attached hydrogen (secondary N) is 2. The number of benzene rings is 1. The Morgan fingerprint density at radius 3 is 2.61 bits per heavy atom. The fourth-order valence-electron chi connectivity index (χ4n) is 3.43. The third-order valence-electron chi connectivity index (χ3n) is 5.04. The molecular formula is C18H27ClFN3O4S. The zero-order chi connectivity index (χ0) is 19.3. The number of anilines is 1. The van der Waals surface area contributed by atoms with Crippen LogP contribution >= 0.6 is 12.4 Å². The summed E-state index contributed by atoms with van der Waals surface area (Å²) in [6.45, 7) is 2.91. The van der Waals surface area contributed by atoms with Gasteiger partial charge in [-0.05, 0) is 56.5 Å². The maximum atomic E-state index is 14.2. The van der Waals surface area contributed by atoms with Crippen molar-refractivity contribution in [2.24, 2.45) is 5.92 Å². The first-order chi connectivity index (χ1) is 13.0. The molecule has 10 heteroatoms. The largest absolute Gasteiger partial charge is 0.379 e. The maximum Gasteiger partial charge on any atom is 0.246 e. The topological polar surface area (TPSA) is 87.7 Å². The zero-order valence-electron chi connectivity index (χ0n) is 15.7. The molecule has 0 saturated carbocycles. The van der Waals surface area contributed by atoms with E-state index in [1.165, 1.54) is 16.4 Å². The van der Waals surface area contributed by atoms with Crippen molar-refractivity contribution in [2.45, 2.75) is 30.6 Å². The number of nitrogens with zero attached hydrogens (tertiary/aromatic N) is 1. The summed E-state index contributed by atoms with van der Waals surface area (Å²) in [5, 5.41) is 5.99. The summed E-state index contributed by atoms with van der Waals surface area (Å²) in [4.78, 5) is 11.8. The van der Waals surface area contributed by atoms with E-state index < -0.39 is 20.7 Å². The van der Waals surface area contributed by atoms with Crippen LogP contribution in [0, 0.1) is 11.7 Å². The van der Waals surface area contributed by atoms with Gasteiger partial charge in [0.25, 0.3) is 0 Å². The van der Waals surface area contributed by atoms with Gasteiger partial charge in [-0.3, -0.25) is 4.79 Å². The van der Waals surface area contributed by atoms with Crippen molar-refractivity contribution in [3.8, 4) is 0 Å². The lowest BCUT2D eigenvalue weighted by Gasteiger charge is -2.26. The lowest BCUT2D eigenvalue weighted by Crippen LogP contribution is -2.40. The predicted octanol–water partition coefficient (Wildman–Crippen LogP) is 1.99. The molecule has 0 unspecified atom stereocenters. The maximum absolute atomic E-state index is 14.2. The molecule has 0 bridgehead atoms. The lowest BCUT2D eigenvalue weighted by molar-refractivity contribution is -0.116. The van der Waals surface area contributed by atoms with E-state index in [1.807, 2.05) is 0 Å². The number of amides is 1. The van der Waals surface area contributed by atoms with Crippen LogP contribution in [0.2, 0.25) is 0 Å². The van der Waals surface area contributed by atoms with Crippen LogP contribution in [-0.4, -0.2) is 58.0 Å². The van der Waals surface area contributed by atoms with E-state index >= 15 is 0 Å². The van der Waals surface area contributed by atoms with E-state index in [2.05, 4.69) is 10.6 Å². The van der Waals surface area contributed by atoms with Gasteiger partial charge in [0.15, 0.2) is 0 Å². The minimum Gasteiger partial charge on any atom is -0.379 e. The highest BCUT2D eigenvalue weighted by molar-refractivity contribution is 7.89. The number of hydrogen-bond donors (Lipinski definition) is 2. The van der Waals surface area contributed by atoms with E-state index in [1.54, 1.807) is 0 Å². The summed E-state index contributed by atoms with van der Waals surface area (Å²) in [5.74, 6) is -0.480. The van der Waals surface area contributed by atoms with Crippen molar-refractivity contribution in [2.75, 3.05) is 44.7 Å². The highest BCUT2D eigenvalue weighted by Gasteiger charge is 2.29. The molecule has 0 spiro atoms. The first kappa shape index (κ1) is 23.0. The third-order valence-corrected chi connectivity index (χ3v) is 6.95. The van der Waals surface area contributed by atoms with Gasteiger partial charge in [0.1, 0.15) is 10.7 Å². The van der Waals surface area contributed by atoms with Crippen LogP contribution in [0.5, 0.6) is 0 Å². The fraction of sp³-hybridized carbons (Fsp3) is 0.611. The van der Waals surface area contributed by atoms with Gasteiger partial charge in [-0.1, -0.05) is 0 Å². The number of morpholine rings is 1. The predicted molar refractivity (Wildman–Crippen MR) is 107 cm³/mol. The van der Waals surface area contributed by atoms with Crippen LogP contribution in [0.3, 0.4) is 0 Å². The highest BCUT2D eigenvalue weighted by atomic mass is 35.5. The molecule has 2 heterocycles. The van der Waals surface area contributed by atoms with Crippen LogP contribution in [-0.2, 0) is 19.6 Å². The van der Waals surface area contributed by atoms with Crippen LogP contribution in [0.15, 0.2) is 23.1 Å². The van der Waals surface area contributed by atoms with Gasteiger partial charge in [0, 0.05) is 25.2 Å². The van der Waals surface area contributed by atoms with Crippen LogP contribution < -0.4 is 10.6 Å². The van der Waals surface area contributed by atoms with Crippen molar-refractivity contribution in [1.29, 1.82) is 0 Å². The monoisotopic (exact) mass is 435 g/mol. The van der Waals surface area contributed by atoms with Crippen molar-refractivity contribution in [1.82, 2.24) is 9.62 Å². The van der Waals surface area contributed by atoms with E-state index in [9.17, 15) is 17.6 Å². The third kappa shape index (κ3) is 5.87. The molecule has 2 aliphatic heterocycles. The molecule has 1 amide bonds. The number of sulfonamides is 1. The minimum atomic E-state index is -3.96. The van der Waals surface area contributed by atoms with Gasteiger partial charge >= 0.3 is 0 Å². The molecule has 1 aromatic rings. The van der Waals surface area contributed by atoms with Gasteiger partial charge in [-0.15, -0.1) is 12.4 Å². The van der Waals surface area contributed by atoms with Gasteiger partial charge in [0.05, 0.1) is 13.2 Å². The molecule has 1 aromatic carbocycles. The fourth-order valence-corrected chi connectivity index (χ4v) is 4.93. The molecule has 28 heavy (non-hydrogen) atoms. The number of carbonyl (C=O) groups excluding carboxylic acids is 1. The van der Waals surface area contributed by atoms with E-state index in [-0.39, 0.29) is 44.6 Å². The van der Waals surface area contributed by atoms with Gasteiger partial charge in [-0.2, -0.15) is 4.31 Å². The van der Waals surface area contributed by atoms with Crippen molar-refractivity contribution in [3.63, 3.8) is 0 Å². The Hall–Kier alpha value is -1.26. The van der Waals surface area contributed by atoms with Crippen molar-refractivity contribution in [3.05, 3.63) is 24.0 Å². The molecule has 0 aliphatic carbocycles. The Kier molecular flexibility index (Phi) is 8.63. The number of halogens is 2. The summed E-state index contributed by atoms with van der Waals surface area (Å²) in [5.41, 5.74) is 0.290. The Morgan fingerprint density at radius 1 is 1.25 bits per heavy atom. The van der Waals surface area contributed by atoms with Crippen molar-refractivity contribution < 1.29 is 22.3 Å². The smallest absolute Gasteiger partial charge is 0.246 e. The Bertz CT molecular complexity index is 766. The van der Waals surface area contributed by atoms with E-state index in [4.69, 9.17) is 4.74 Å². The normalized spacial score (nSPS) is 19.0. The molecule has 2 saturated heterocycles. The van der Waals surface area contributed by atoms with Crippen LogP contribution in [0.25, 0.3) is 0 Å².